The summed E-state index contributed by atoms with van der Waals surface area (Å²) in [7, 11) is 1.47. The molecule has 0 aliphatic rings. The second-order valence-corrected chi connectivity index (χ2v) is 5.52. The molecule has 0 atom stereocenters. The second kappa shape index (κ2) is 7.73. The Bertz CT molecular complexity index is 857. The molecule has 2 rings (SSSR count). The van der Waals surface area contributed by atoms with E-state index in [1.165, 1.54) is 37.5 Å². The Labute approximate surface area is 148 Å². The van der Waals surface area contributed by atoms with Crippen molar-refractivity contribution >= 4 is 40.9 Å². The molecule has 0 radical (unpaired) electrons. The highest BCUT2D eigenvalue weighted by molar-refractivity contribution is 6.36. The monoisotopic (exact) mass is 362 g/mol. The van der Waals surface area contributed by atoms with Gasteiger partial charge in [0.2, 0.25) is 0 Å². The number of phenolic OH excluding ortho intramolecular Hbond substituents is 1. The van der Waals surface area contributed by atoms with E-state index in [0.717, 1.165) is 0 Å². The van der Waals surface area contributed by atoms with Gasteiger partial charge in [-0.3, -0.25) is 4.79 Å². The van der Waals surface area contributed by atoms with E-state index in [4.69, 9.17) is 27.9 Å². The number of amides is 1. The quantitative estimate of drug-likeness (QED) is 0.628. The third kappa shape index (κ3) is 4.19. The van der Waals surface area contributed by atoms with Crippen molar-refractivity contribution in [2.24, 2.45) is 0 Å². The van der Waals surface area contributed by atoms with Crippen LogP contribution in [-0.2, 0) is 4.79 Å². The molecule has 122 valence electrons. The van der Waals surface area contributed by atoms with Crippen molar-refractivity contribution in [2.45, 2.75) is 0 Å². The smallest absolute Gasteiger partial charge is 0.266 e. The number of hydrogen-bond donors (Lipinski definition) is 2. The maximum atomic E-state index is 12.3. The summed E-state index contributed by atoms with van der Waals surface area (Å²) in [6.07, 6.45) is 1.26. The van der Waals surface area contributed by atoms with Gasteiger partial charge in [0.25, 0.3) is 5.91 Å². The van der Waals surface area contributed by atoms with E-state index in [2.05, 4.69) is 5.32 Å². The zero-order valence-corrected chi connectivity index (χ0v) is 14.0. The molecule has 0 heterocycles. The van der Waals surface area contributed by atoms with Crippen molar-refractivity contribution < 1.29 is 14.6 Å². The third-order valence-electron chi connectivity index (χ3n) is 3.08. The molecule has 0 saturated heterocycles. The Morgan fingerprint density at radius 1 is 1.29 bits per heavy atom. The molecule has 0 bridgehead atoms. The standard InChI is InChI=1S/C17H12Cl2N2O3/c1-24-13-3-5-16(22)10(7-13)6-11(9-20)17(23)21-15-8-12(18)2-4-14(15)19/h2-8,22H,1H3,(H,21,23). The molecular weight excluding hydrogens is 351 g/mol. The van der Waals surface area contributed by atoms with Crippen LogP contribution in [-0.4, -0.2) is 18.1 Å². The summed E-state index contributed by atoms with van der Waals surface area (Å²) in [5.41, 5.74) is 0.345. The van der Waals surface area contributed by atoms with Gasteiger partial charge in [-0.1, -0.05) is 23.2 Å². The fourth-order valence-electron chi connectivity index (χ4n) is 1.86. The lowest BCUT2D eigenvalue weighted by molar-refractivity contribution is -0.112. The fourth-order valence-corrected chi connectivity index (χ4v) is 2.20. The van der Waals surface area contributed by atoms with Gasteiger partial charge in [-0.2, -0.15) is 5.26 Å². The van der Waals surface area contributed by atoms with Gasteiger partial charge in [0.05, 0.1) is 17.8 Å². The molecule has 0 aliphatic heterocycles. The minimum atomic E-state index is -0.677. The molecule has 2 N–H and O–H groups in total. The van der Waals surface area contributed by atoms with Crippen LogP contribution in [0.2, 0.25) is 10.0 Å². The van der Waals surface area contributed by atoms with E-state index in [9.17, 15) is 15.2 Å². The lowest BCUT2D eigenvalue weighted by Gasteiger charge is -2.08. The maximum Gasteiger partial charge on any atom is 0.266 e. The minimum Gasteiger partial charge on any atom is -0.507 e. The Balaban J connectivity index is 2.32. The molecule has 2 aromatic carbocycles. The molecule has 0 aliphatic carbocycles. The Morgan fingerprint density at radius 2 is 2.04 bits per heavy atom. The number of anilines is 1. The van der Waals surface area contributed by atoms with Crippen LogP contribution in [0.1, 0.15) is 5.56 Å². The number of carbonyl (C=O) groups is 1. The number of aromatic hydroxyl groups is 1. The number of phenols is 1. The van der Waals surface area contributed by atoms with Gasteiger partial charge in [-0.05, 0) is 42.5 Å². The van der Waals surface area contributed by atoms with Crippen molar-refractivity contribution in [1.82, 2.24) is 0 Å². The highest BCUT2D eigenvalue weighted by atomic mass is 35.5. The van der Waals surface area contributed by atoms with Gasteiger partial charge >= 0.3 is 0 Å². The maximum absolute atomic E-state index is 12.3. The van der Waals surface area contributed by atoms with Crippen molar-refractivity contribution in [1.29, 1.82) is 5.26 Å². The number of ether oxygens (including phenoxy) is 1. The first-order valence-electron chi connectivity index (χ1n) is 6.70. The van der Waals surface area contributed by atoms with Crippen molar-refractivity contribution in [2.75, 3.05) is 12.4 Å². The minimum absolute atomic E-state index is 0.0860. The summed E-state index contributed by atoms with van der Waals surface area (Å²) in [5, 5.41) is 22.3. The molecule has 0 saturated carbocycles. The zero-order valence-electron chi connectivity index (χ0n) is 12.5. The molecule has 0 spiro atoms. The highest BCUT2D eigenvalue weighted by Crippen LogP contribution is 2.27. The van der Waals surface area contributed by atoms with Gasteiger partial charge in [0.15, 0.2) is 0 Å². The van der Waals surface area contributed by atoms with Crippen LogP contribution < -0.4 is 10.1 Å². The number of rotatable bonds is 4. The number of nitriles is 1. The van der Waals surface area contributed by atoms with Crippen LogP contribution in [0.3, 0.4) is 0 Å². The van der Waals surface area contributed by atoms with Gasteiger partial charge in [0, 0.05) is 10.6 Å². The van der Waals surface area contributed by atoms with E-state index in [1.807, 2.05) is 0 Å². The average molecular weight is 363 g/mol. The predicted octanol–water partition coefficient (Wildman–Crippen LogP) is 4.25. The Morgan fingerprint density at radius 3 is 2.71 bits per heavy atom. The molecule has 7 heteroatoms. The van der Waals surface area contributed by atoms with Crippen LogP contribution in [0, 0.1) is 11.3 Å². The van der Waals surface area contributed by atoms with Gasteiger partial charge < -0.3 is 15.2 Å². The van der Waals surface area contributed by atoms with Crippen LogP contribution in [0.25, 0.3) is 6.08 Å². The SMILES string of the molecule is COc1ccc(O)c(C=C(C#N)C(=O)Nc2cc(Cl)ccc2Cl)c1. The summed E-state index contributed by atoms with van der Waals surface area (Å²) in [5.74, 6) is -0.282. The van der Waals surface area contributed by atoms with Crippen molar-refractivity contribution in [3.05, 3.63) is 57.6 Å². The predicted molar refractivity (Wildman–Crippen MR) is 93.3 cm³/mol. The summed E-state index contributed by atoms with van der Waals surface area (Å²) in [4.78, 5) is 12.3. The summed E-state index contributed by atoms with van der Waals surface area (Å²) < 4.78 is 5.05. The summed E-state index contributed by atoms with van der Waals surface area (Å²) in [6.45, 7) is 0. The molecule has 1 amide bonds. The Kier molecular flexibility index (Phi) is 5.69. The number of nitrogens with zero attached hydrogens (tertiary/aromatic N) is 1. The molecule has 24 heavy (non-hydrogen) atoms. The topological polar surface area (TPSA) is 82.3 Å². The molecule has 5 nitrogen and oxygen atoms in total. The van der Waals surface area contributed by atoms with Crippen molar-refractivity contribution in [3.8, 4) is 17.6 Å². The lowest BCUT2D eigenvalue weighted by Crippen LogP contribution is -2.13. The van der Waals surface area contributed by atoms with E-state index in [-0.39, 0.29) is 27.6 Å². The van der Waals surface area contributed by atoms with Gasteiger partial charge in [-0.15, -0.1) is 0 Å². The number of carbonyl (C=O) groups excluding carboxylic acids is 1. The number of nitrogens with one attached hydrogen (secondary N) is 1. The third-order valence-corrected chi connectivity index (χ3v) is 3.64. The largest absolute Gasteiger partial charge is 0.507 e. The van der Waals surface area contributed by atoms with Crippen LogP contribution in [0.5, 0.6) is 11.5 Å². The first kappa shape index (κ1) is 17.7. The fraction of sp³-hybridized carbons (Fsp3) is 0.0588. The zero-order chi connectivity index (χ0) is 17.7. The van der Waals surface area contributed by atoms with Crippen molar-refractivity contribution in [3.63, 3.8) is 0 Å². The highest BCUT2D eigenvalue weighted by Gasteiger charge is 2.13. The summed E-state index contributed by atoms with van der Waals surface area (Å²) in [6, 6.07) is 10.8. The lowest BCUT2D eigenvalue weighted by atomic mass is 10.1. The first-order chi connectivity index (χ1) is 11.4. The van der Waals surface area contributed by atoms with E-state index >= 15 is 0 Å². The molecule has 0 aromatic heterocycles. The molecule has 0 unspecified atom stereocenters. The Hall–Kier alpha value is -2.68. The van der Waals surface area contributed by atoms with Gasteiger partial charge in [-0.25, -0.2) is 0 Å². The number of halogens is 2. The van der Waals surface area contributed by atoms with Crippen LogP contribution >= 0.6 is 23.2 Å². The molecular formula is C17H12Cl2N2O3. The molecule has 0 fully saturated rings. The first-order valence-corrected chi connectivity index (χ1v) is 7.45. The number of hydrogen-bond acceptors (Lipinski definition) is 4. The van der Waals surface area contributed by atoms with Gasteiger partial charge in [0.1, 0.15) is 23.1 Å². The van der Waals surface area contributed by atoms with E-state index < -0.39 is 5.91 Å². The van der Waals surface area contributed by atoms with Crippen LogP contribution in [0.15, 0.2) is 42.0 Å². The van der Waals surface area contributed by atoms with E-state index in [1.54, 1.807) is 18.2 Å². The average Bonchev–Trinajstić information content (AvgIpc) is 2.57. The summed E-state index contributed by atoms with van der Waals surface area (Å²) >= 11 is 11.8. The number of methoxy groups -OCH3 is 1. The molecule has 2 aromatic rings. The van der Waals surface area contributed by atoms with E-state index in [0.29, 0.717) is 10.8 Å². The normalized spacial score (nSPS) is 10.8. The number of benzene rings is 2. The van der Waals surface area contributed by atoms with Crippen LogP contribution in [0.4, 0.5) is 5.69 Å². The second-order valence-electron chi connectivity index (χ2n) is 4.67.